The maximum atomic E-state index is 14.4. The molecule has 1 amide bonds. The number of hydrogen-bond donors (Lipinski definition) is 1. The van der Waals surface area contributed by atoms with E-state index >= 15 is 0 Å². The number of amides is 1. The van der Waals surface area contributed by atoms with Crippen LogP contribution in [0, 0.1) is 11.7 Å². The molecular weight excluding hydrogens is 439 g/mol. The van der Waals surface area contributed by atoms with Gasteiger partial charge in [-0.3, -0.25) is 14.5 Å². The van der Waals surface area contributed by atoms with Crippen LogP contribution in [0.4, 0.5) is 15.8 Å². The van der Waals surface area contributed by atoms with Crippen molar-refractivity contribution < 1.29 is 14.0 Å². The Hall–Kier alpha value is -3.73. The maximum absolute atomic E-state index is 14.4. The molecule has 0 spiro atoms. The number of carbonyl (C=O) groups is 2. The minimum atomic E-state index is -0.702. The zero-order valence-electron chi connectivity index (χ0n) is 20.0. The summed E-state index contributed by atoms with van der Waals surface area (Å²) in [6.07, 6.45) is 1.31. The molecule has 3 aromatic carbocycles. The molecule has 0 radical (unpaired) electrons. The van der Waals surface area contributed by atoms with E-state index in [1.54, 1.807) is 17.0 Å². The molecule has 178 valence electrons. The second kappa shape index (κ2) is 9.49. The largest absolute Gasteiger partial charge is 0.357 e. The number of Topliss-reactive ketones (excluding diaryl/α,β-unsaturated/α-hetero) is 1. The molecule has 2 atom stereocenters. The number of para-hydroxylation sites is 2. The van der Waals surface area contributed by atoms with Crippen molar-refractivity contribution in [1.29, 1.82) is 0 Å². The van der Waals surface area contributed by atoms with Gasteiger partial charge < -0.3 is 5.32 Å². The van der Waals surface area contributed by atoms with E-state index < -0.39 is 11.9 Å². The fourth-order valence-corrected chi connectivity index (χ4v) is 5.27. The van der Waals surface area contributed by atoms with Gasteiger partial charge >= 0.3 is 0 Å². The van der Waals surface area contributed by atoms with Crippen molar-refractivity contribution in [3.8, 4) is 0 Å². The number of benzene rings is 3. The van der Waals surface area contributed by atoms with Gasteiger partial charge in [0, 0.05) is 24.1 Å². The summed E-state index contributed by atoms with van der Waals surface area (Å²) in [6.45, 7) is 4.00. The van der Waals surface area contributed by atoms with Crippen LogP contribution in [0.3, 0.4) is 0 Å². The Kier molecular flexibility index (Phi) is 6.25. The molecule has 0 unspecified atom stereocenters. The lowest BCUT2D eigenvalue weighted by atomic mass is 9.78. The van der Waals surface area contributed by atoms with E-state index in [0.29, 0.717) is 36.1 Å². The molecule has 3 aromatic rings. The molecule has 35 heavy (non-hydrogen) atoms. The highest BCUT2D eigenvalue weighted by Crippen LogP contribution is 2.47. The lowest BCUT2D eigenvalue weighted by molar-refractivity contribution is -0.119. The molecule has 1 aliphatic heterocycles. The van der Waals surface area contributed by atoms with Gasteiger partial charge in [-0.05, 0) is 53.6 Å². The predicted molar refractivity (Wildman–Crippen MR) is 137 cm³/mol. The number of halogens is 1. The Morgan fingerprint density at radius 3 is 2.43 bits per heavy atom. The summed E-state index contributed by atoms with van der Waals surface area (Å²) in [7, 11) is 0. The van der Waals surface area contributed by atoms with Gasteiger partial charge in [-0.2, -0.15) is 0 Å². The summed E-state index contributed by atoms with van der Waals surface area (Å²) in [5, 5.41) is 3.52. The normalized spacial score (nSPS) is 19.7. The molecule has 0 aromatic heterocycles. The summed E-state index contributed by atoms with van der Waals surface area (Å²) < 4.78 is 14.4. The molecule has 1 N–H and O–H groups in total. The summed E-state index contributed by atoms with van der Waals surface area (Å²) in [5.74, 6) is -0.325. The van der Waals surface area contributed by atoms with Gasteiger partial charge in [0.05, 0.1) is 17.4 Å². The number of ketones is 1. The van der Waals surface area contributed by atoms with Gasteiger partial charge in [-0.15, -0.1) is 0 Å². The highest BCUT2D eigenvalue weighted by Gasteiger charge is 2.41. The summed E-state index contributed by atoms with van der Waals surface area (Å²) in [4.78, 5) is 29.3. The number of anilines is 2. The first-order chi connectivity index (χ1) is 16.9. The minimum Gasteiger partial charge on any atom is -0.357 e. The van der Waals surface area contributed by atoms with Crippen LogP contribution in [-0.4, -0.2) is 11.7 Å². The average Bonchev–Trinajstić information content (AvgIpc) is 2.99. The van der Waals surface area contributed by atoms with Crippen molar-refractivity contribution in [3.05, 3.63) is 107 Å². The molecule has 0 saturated carbocycles. The Bertz CT molecular complexity index is 1300. The number of allylic oxidation sites excluding steroid dienone is 1. The SMILES string of the molecule is CC(C)CC(=O)N1c2ccccc2NC2=C(C(=O)C[C@H](c3ccccc3)C2)[C@@H]1c1cccc(F)c1. The third-order valence-electron chi connectivity index (χ3n) is 6.78. The third kappa shape index (κ3) is 4.51. The Morgan fingerprint density at radius 2 is 1.69 bits per heavy atom. The second-order valence-electron chi connectivity index (χ2n) is 9.79. The van der Waals surface area contributed by atoms with Crippen molar-refractivity contribution in [1.82, 2.24) is 0 Å². The fourth-order valence-electron chi connectivity index (χ4n) is 5.27. The Morgan fingerprint density at radius 1 is 0.971 bits per heavy atom. The highest BCUT2D eigenvalue weighted by atomic mass is 19.1. The molecular formula is C30H29FN2O2. The summed E-state index contributed by atoms with van der Waals surface area (Å²) in [5.41, 5.74) is 4.54. The van der Waals surface area contributed by atoms with Crippen molar-refractivity contribution in [2.24, 2.45) is 5.92 Å². The minimum absolute atomic E-state index is 0.0167. The molecule has 0 saturated heterocycles. The monoisotopic (exact) mass is 468 g/mol. The maximum Gasteiger partial charge on any atom is 0.228 e. The second-order valence-corrected chi connectivity index (χ2v) is 9.79. The molecule has 5 rings (SSSR count). The van der Waals surface area contributed by atoms with E-state index in [4.69, 9.17) is 0 Å². The van der Waals surface area contributed by atoms with Gasteiger partial charge in [0.15, 0.2) is 5.78 Å². The zero-order chi connectivity index (χ0) is 24.5. The van der Waals surface area contributed by atoms with Crippen molar-refractivity contribution in [3.63, 3.8) is 0 Å². The summed E-state index contributed by atoms with van der Waals surface area (Å²) >= 11 is 0. The summed E-state index contributed by atoms with van der Waals surface area (Å²) in [6, 6.07) is 23.2. The number of rotatable bonds is 4. The number of nitrogens with one attached hydrogen (secondary N) is 1. The first kappa shape index (κ1) is 23.0. The lowest BCUT2D eigenvalue weighted by Crippen LogP contribution is -2.39. The fraction of sp³-hybridized carbons (Fsp3) is 0.267. The third-order valence-corrected chi connectivity index (χ3v) is 6.78. The quantitative estimate of drug-likeness (QED) is 0.460. The molecule has 1 heterocycles. The Balaban J connectivity index is 1.71. The van der Waals surface area contributed by atoms with Gasteiger partial charge in [-0.25, -0.2) is 4.39 Å². The van der Waals surface area contributed by atoms with Crippen molar-refractivity contribution >= 4 is 23.1 Å². The molecule has 0 fully saturated rings. The van der Waals surface area contributed by atoms with Crippen LogP contribution in [0.25, 0.3) is 0 Å². The number of carbonyl (C=O) groups excluding carboxylic acids is 2. The standard InChI is InChI=1S/C30H29FN2O2/c1-19(2)15-28(35)33-26-14-7-6-13-24(26)32-25-17-22(20-9-4-3-5-10-20)18-27(34)29(25)30(33)21-11-8-12-23(31)16-21/h3-14,16,19,22,30,32H,15,17-18H2,1-2H3/t22-,30+/m1/s1. The first-order valence-corrected chi connectivity index (χ1v) is 12.2. The highest BCUT2D eigenvalue weighted by molar-refractivity contribution is 6.06. The van der Waals surface area contributed by atoms with Gasteiger partial charge in [0.25, 0.3) is 0 Å². The van der Waals surface area contributed by atoms with E-state index in [-0.39, 0.29) is 23.5 Å². The number of nitrogens with zero attached hydrogens (tertiary/aromatic N) is 1. The predicted octanol–water partition coefficient (Wildman–Crippen LogP) is 6.77. The molecule has 4 nitrogen and oxygen atoms in total. The zero-order valence-corrected chi connectivity index (χ0v) is 20.0. The van der Waals surface area contributed by atoms with Crippen LogP contribution in [0.1, 0.15) is 56.2 Å². The van der Waals surface area contributed by atoms with Gasteiger partial charge in [0.1, 0.15) is 5.82 Å². The van der Waals surface area contributed by atoms with Crippen molar-refractivity contribution in [2.75, 3.05) is 10.2 Å². The molecule has 5 heteroatoms. The van der Waals surface area contributed by atoms with E-state index in [2.05, 4.69) is 17.4 Å². The lowest BCUT2D eigenvalue weighted by Gasteiger charge is -2.35. The van der Waals surface area contributed by atoms with E-state index in [9.17, 15) is 14.0 Å². The van der Waals surface area contributed by atoms with Gasteiger partial charge in [-0.1, -0.05) is 68.4 Å². The molecule has 1 aliphatic carbocycles. The smallest absolute Gasteiger partial charge is 0.228 e. The van der Waals surface area contributed by atoms with Gasteiger partial charge in [0.2, 0.25) is 5.91 Å². The van der Waals surface area contributed by atoms with Crippen LogP contribution in [0.15, 0.2) is 90.1 Å². The van der Waals surface area contributed by atoms with Crippen LogP contribution in [0.5, 0.6) is 0 Å². The van der Waals surface area contributed by atoms with E-state index in [1.807, 2.05) is 56.3 Å². The topological polar surface area (TPSA) is 49.4 Å². The molecule has 0 bridgehead atoms. The number of hydrogen-bond acceptors (Lipinski definition) is 3. The van der Waals surface area contributed by atoms with Crippen LogP contribution >= 0.6 is 0 Å². The Labute approximate surface area is 205 Å². The number of fused-ring (bicyclic) bond motifs is 1. The first-order valence-electron chi connectivity index (χ1n) is 12.2. The van der Waals surface area contributed by atoms with E-state index in [0.717, 1.165) is 16.9 Å². The van der Waals surface area contributed by atoms with E-state index in [1.165, 1.54) is 12.1 Å². The average molecular weight is 469 g/mol. The molecule has 2 aliphatic rings. The van der Waals surface area contributed by atoms with Crippen LogP contribution in [-0.2, 0) is 9.59 Å². The van der Waals surface area contributed by atoms with Crippen LogP contribution < -0.4 is 10.2 Å². The van der Waals surface area contributed by atoms with Crippen LogP contribution in [0.2, 0.25) is 0 Å². The van der Waals surface area contributed by atoms with Crippen molar-refractivity contribution in [2.45, 2.75) is 45.1 Å².